The zero-order chi connectivity index (χ0) is 22.3. The maximum absolute atomic E-state index is 13.9. The van der Waals surface area contributed by atoms with Gasteiger partial charge in [-0.1, -0.05) is 80.4 Å². The lowest BCUT2D eigenvalue weighted by Gasteiger charge is -2.55. The Morgan fingerprint density at radius 2 is 1.16 bits per heavy atom. The highest BCUT2D eigenvalue weighted by molar-refractivity contribution is 9.10. The minimum absolute atomic E-state index is 0.186. The van der Waals surface area contributed by atoms with Crippen LogP contribution in [0.1, 0.15) is 29.2 Å². The molecule has 2 bridgehead atoms. The van der Waals surface area contributed by atoms with Crippen LogP contribution in [0.25, 0.3) is 0 Å². The number of rotatable bonds is 3. The summed E-state index contributed by atoms with van der Waals surface area (Å²) in [5.74, 6) is -0.791. The summed E-state index contributed by atoms with van der Waals surface area (Å²) in [4.78, 5) is 29.2. The van der Waals surface area contributed by atoms with Gasteiger partial charge in [-0.15, -0.1) is 0 Å². The van der Waals surface area contributed by atoms with Crippen molar-refractivity contribution in [3.05, 3.63) is 95.1 Å². The molecule has 160 valence electrons. The first-order valence-electron chi connectivity index (χ1n) is 10.6. The molecule has 4 nitrogen and oxygen atoms in total. The maximum atomic E-state index is 13.9. The molecule has 3 aromatic rings. The normalized spacial score (nSPS) is 29.5. The number of ether oxygens (including phenoxy) is 1. The molecule has 1 aliphatic heterocycles. The third-order valence-electron chi connectivity index (χ3n) is 6.99. The van der Waals surface area contributed by atoms with Crippen molar-refractivity contribution in [2.45, 2.75) is 15.6 Å². The monoisotopic (exact) mass is 551 g/mol. The summed E-state index contributed by atoms with van der Waals surface area (Å²) in [5, 5.41) is 0. The van der Waals surface area contributed by atoms with Crippen molar-refractivity contribution >= 4 is 49.4 Å². The van der Waals surface area contributed by atoms with Crippen LogP contribution in [0.4, 0.5) is 5.69 Å². The van der Waals surface area contributed by atoms with Gasteiger partial charge in [0.1, 0.15) is 5.75 Å². The Morgan fingerprint density at radius 3 is 1.53 bits per heavy atom. The summed E-state index contributed by atoms with van der Waals surface area (Å²) < 4.78 is 3.99. The molecule has 32 heavy (non-hydrogen) atoms. The number of anilines is 1. The van der Waals surface area contributed by atoms with E-state index in [0.717, 1.165) is 22.3 Å². The first kappa shape index (κ1) is 20.2. The van der Waals surface area contributed by atoms with Crippen molar-refractivity contribution in [2.75, 3.05) is 11.5 Å². The second kappa shape index (κ2) is 6.78. The minimum Gasteiger partial charge on any atom is -0.494 e. The first-order chi connectivity index (χ1) is 15.4. The van der Waals surface area contributed by atoms with Gasteiger partial charge in [0.15, 0.2) is 0 Å². The fraction of sp³-hybridized carbons (Fsp3) is 0.231. The smallest absolute Gasteiger partial charge is 0.239 e. The molecule has 1 fully saturated rings. The number of hydrogen-bond donors (Lipinski definition) is 0. The summed E-state index contributed by atoms with van der Waals surface area (Å²) in [6.45, 7) is 2.47. The van der Waals surface area contributed by atoms with Crippen molar-refractivity contribution in [3.63, 3.8) is 0 Å². The number of hydrogen-bond acceptors (Lipinski definition) is 3. The summed E-state index contributed by atoms with van der Waals surface area (Å²) in [6.07, 6.45) is 0. The topological polar surface area (TPSA) is 46.6 Å². The van der Waals surface area contributed by atoms with Gasteiger partial charge in [0.2, 0.25) is 11.8 Å². The molecular weight excluding hydrogens is 534 g/mol. The van der Waals surface area contributed by atoms with Crippen molar-refractivity contribution in [2.24, 2.45) is 11.8 Å². The Labute approximate surface area is 202 Å². The van der Waals surface area contributed by atoms with Crippen LogP contribution in [0.3, 0.4) is 0 Å². The van der Waals surface area contributed by atoms with Crippen LogP contribution in [0, 0.1) is 11.8 Å². The number of alkyl halides is 2. The van der Waals surface area contributed by atoms with E-state index in [1.54, 1.807) is 24.3 Å². The molecular formula is C26H19Br2NO3. The van der Waals surface area contributed by atoms with Crippen molar-refractivity contribution in [3.8, 4) is 5.75 Å². The highest BCUT2D eigenvalue weighted by Gasteiger charge is 2.72. The molecule has 2 amide bonds. The number of benzene rings is 3. The molecule has 0 unspecified atom stereocenters. The summed E-state index contributed by atoms with van der Waals surface area (Å²) >= 11 is 8.04. The van der Waals surface area contributed by atoms with E-state index in [0.29, 0.717) is 18.0 Å². The van der Waals surface area contributed by atoms with E-state index in [9.17, 15) is 9.59 Å². The largest absolute Gasteiger partial charge is 0.494 e. The molecule has 6 heteroatoms. The molecule has 1 saturated heterocycles. The molecule has 0 spiro atoms. The molecule has 0 radical (unpaired) electrons. The van der Waals surface area contributed by atoms with Gasteiger partial charge in [-0.05, 0) is 53.4 Å². The number of carbonyl (C=O) groups excluding carboxylic acids is 2. The molecule has 3 aromatic carbocycles. The lowest BCUT2D eigenvalue weighted by Crippen LogP contribution is -2.56. The molecule has 0 aromatic heterocycles. The van der Waals surface area contributed by atoms with Crippen molar-refractivity contribution in [1.29, 1.82) is 0 Å². The van der Waals surface area contributed by atoms with Gasteiger partial charge in [0.25, 0.3) is 0 Å². The fourth-order valence-corrected chi connectivity index (χ4v) is 8.08. The Bertz CT molecular complexity index is 1160. The number of imide groups is 1. The van der Waals surface area contributed by atoms with E-state index in [1.807, 2.05) is 31.2 Å². The molecule has 0 saturated carbocycles. The molecule has 3 aliphatic carbocycles. The molecule has 7 rings (SSSR count). The number of nitrogens with zero attached hydrogens (tertiary/aromatic N) is 1. The van der Waals surface area contributed by atoms with Crippen LogP contribution in [0.2, 0.25) is 0 Å². The summed E-state index contributed by atoms with van der Waals surface area (Å²) in [6, 6.07) is 23.3. The second-order valence-electron chi connectivity index (χ2n) is 8.41. The Balaban J connectivity index is 1.57. The van der Waals surface area contributed by atoms with Crippen molar-refractivity contribution < 1.29 is 14.3 Å². The van der Waals surface area contributed by atoms with Crippen LogP contribution in [0.5, 0.6) is 5.75 Å². The third-order valence-corrected chi connectivity index (χ3v) is 9.69. The average molecular weight is 553 g/mol. The average Bonchev–Trinajstić information content (AvgIpc) is 3.09. The zero-order valence-corrected chi connectivity index (χ0v) is 20.4. The lowest BCUT2D eigenvalue weighted by molar-refractivity contribution is -0.122. The molecule has 4 aliphatic rings. The summed E-state index contributed by atoms with van der Waals surface area (Å²) in [7, 11) is 0. The van der Waals surface area contributed by atoms with Gasteiger partial charge in [0, 0.05) is 0 Å². The maximum Gasteiger partial charge on any atom is 0.239 e. The van der Waals surface area contributed by atoms with Crippen LogP contribution >= 0.6 is 31.9 Å². The quantitative estimate of drug-likeness (QED) is 0.318. The minimum atomic E-state index is -0.771. The Hall–Kier alpha value is -2.44. The van der Waals surface area contributed by atoms with Gasteiger partial charge in [-0.25, -0.2) is 4.90 Å². The fourth-order valence-electron chi connectivity index (χ4n) is 5.78. The highest BCUT2D eigenvalue weighted by atomic mass is 79.9. The van der Waals surface area contributed by atoms with Gasteiger partial charge < -0.3 is 4.74 Å². The van der Waals surface area contributed by atoms with Crippen molar-refractivity contribution in [1.82, 2.24) is 0 Å². The van der Waals surface area contributed by atoms with Crippen LogP contribution < -0.4 is 9.64 Å². The van der Waals surface area contributed by atoms with E-state index in [-0.39, 0.29) is 11.8 Å². The van der Waals surface area contributed by atoms with Gasteiger partial charge in [-0.2, -0.15) is 0 Å². The van der Waals surface area contributed by atoms with Gasteiger partial charge in [0.05, 0.1) is 32.8 Å². The number of amides is 2. The zero-order valence-electron chi connectivity index (χ0n) is 17.2. The first-order valence-corrected chi connectivity index (χ1v) is 12.2. The Kier molecular flexibility index (Phi) is 4.28. The SMILES string of the molecule is CCOc1ccc(N2C(=O)[C@@H]3[C@H](C2=O)C2(Br)c4ccccc4C3(Br)c3ccccc32)cc1. The predicted molar refractivity (Wildman–Crippen MR) is 129 cm³/mol. The molecule has 1 heterocycles. The summed E-state index contributed by atoms with van der Waals surface area (Å²) in [5.41, 5.74) is 4.70. The van der Waals surface area contributed by atoms with Crippen LogP contribution in [-0.2, 0) is 18.2 Å². The van der Waals surface area contributed by atoms with Crippen LogP contribution in [-0.4, -0.2) is 18.4 Å². The molecule has 2 atom stereocenters. The predicted octanol–water partition coefficient (Wildman–Crippen LogP) is 5.50. The Morgan fingerprint density at radius 1 is 0.750 bits per heavy atom. The number of carbonyl (C=O) groups is 2. The van der Waals surface area contributed by atoms with Crippen LogP contribution in [0.15, 0.2) is 72.8 Å². The second-order valence-corrected chi connectivity index (χ2v) is 10.9. The van der Waals surface area contributed by atoms with E-state index in [1.165, 1.54) is 4.90 Å². The van der Waals surface area contributed by atoms with E-state index in [2.05, 4.69) is 56.1 Å². The number of halogens is 2. The highest BCUT2D eigenvalue weighted by Crippen LogP contribution is 2.70. The third kappa shape index (κ3) is 2.27. The standard InChI is InChI=1S/C26H19Br2NO3/c1-2-32-16-13-11-15(12-14-16)29-23(30)21-22(24(29)31)26(28)18-8-4-3-7-17(18)25(21,27)19-9-5-6-10-20(19)26/h3-14,21-22H,2H2,1H3/t21-,22+,25?,26?. The van der Waals surface area contributed by atoms with Gasteiger partial charge in [-0.3, -0.25) is 9.59 Å². The van der Waals surface area contributed by atoms with Gasteiger partial charge >= 0.3 is 0 Å². The van der Waals surface area contributed by atoms with E-state index >= 15 is 0 Å². The lowest BCUT2D eigenvalue weighted by atomic mass is 9.54. The van der Waals surface area contributed by atoms with E-state index in [4.69, 9.17) is 4.74 Å². The van der Waals surface area contributed by atoms with E-state index < -0.39 is 20.5 Å². The molecule has 0 N–H and O–H groups in total.